The molecule has 0 spiro atoms. The van der Waals surface area contributed by atoms with Crippen molar-refractivity contribution in [3.63, 3.8) is 0 Å². The highest BCUT2D eigenvalue weighted by molar-refractivity contribution is 5.29. The van der Waals surface area contributed by atoms with Gasteiger partial charge < -0.3 is 4.74 Å². The van der Waals surface area contributed by atoms with Crippen molar-refractivity contribution in [2.24, 2.45) is 11.8 Å². The fourth-order valence-electron chi connectivity index (χ4n) is 3.97. The lowest BCUT2D eigenvalue weighted by molar-refractivity contribution is 0.269. The van der Waals surface area contributed by atoms with Crippen LogP contribution in [0.3, 0.4) is 0 Å². The molecule has 1 heteroatoms. The zero-order chi connectivity index (χ0) is 13.7. The summed E-state index contributed by atoms with van der Waals surface area (Å²) in [5.41, 5.74) is 1.50. The summed E-state index contributed by atoms with van der Waals surface area (Å²) >= 11 is 0. The van der Waals surface area contributed by atoms with Crippen LogP contribution in [0, 0.1) is 11.8 Å². The van der Waals surface area contributed by atoms with Gasteiger partial charge in [0.15, 0.2) is 0 Å². The number of rotatable bonds is 6. The highest BCUT2D eigenvalue weighted by Gasteiger charge is 2.30. The molecule has 2 unspecified atom stereocenters. The van der Waals surface area contributed by atoms with E-state index in [4.69, 9.17) is 4.74 Å². The van der Waals surface area contributed by atoms with Crippen LogP contribution >= 0.6 is 0 Å². The van der Waals surface area contributed by atoms with Gasteiger partial charge in [-0.3, -0.25) is 0 Å². The Labute approximate surface area is 118 Å². The summed E-state index contributed by atoms with van der Waals surface area (Å²) in [4.78, 5) is 0. The van der Waals surface area contributed by atoms with Gasteiger partial charge >= 0.3 is 0 Å². The van der Waals surface area contributed by atoms with Crippen LogP contribution in [0.15, 0.2) is 24.3 Å². The number of ether oxygens (including phenoxy) is 1. The van der Waals surface area contributed by atoms with E-state index in [0.717, 1.165) is 23.5 Å². The van der Waals surface area contributed by atoms with Crippen LogP contribution in [-0.4, -0.2) is 7.11 Å². The first-order valence-electron chi connectivity index (χ1n) is 7.94. The molecule has 0 saturated heterocycles. The van der Waals surface area contributed by atoms with E-state index in [0.29, 0.717) is 0 Å². The smallest absolute Gasteiger partial charge is 0.118 e. The third kappa shape index (κ3) is 3.32. The summed E-state index contributed by atoms with van der Waals surface area (Å²) in [6.45, 7) is 4.71. The SMILES string of the molecule is CCC(c1ccc(OC)cc1)C(CC)C1CCCC1. The molecule has 1 aromatic rings. The van der Waals surface area contributed by atoms with E-state index in [1.54, 1.807) is 7.11 Å². The summed E-state index contributed by atoms with van der Waals surface area (Å²) in [7, 11) is 1.74. The molecule has 0 aliphatic heterocycles. The van der Waals surface area contributed by atoms with E-state index in [1.807, 2.05) is 0 Å². The molecule has 0 bridgehead atoms. The lowest BCUT2D eigenvalue weighted by atomic mass is 9.74. The Bertz CT molecular complexity index is 362. The van der Waals surface area contributed by atoms with Crippen molar-refractivity contribution in [1.29, 1.82) is 0 Å². The highest BCUT2D eigenvalue weighted by Crippen LogP contribution is 2.42. The van der Waals surface area contributed by atoms with Gasteiger partial charge in [-0.05, 0) is 41.9 Å². The maximum Gasteiger partial charge on any atom is 0.118 e. The first kappa shape index (κ1) is 14.4. The van der Waals surface area contributed by atoms with E-state index in [-0.39, 0.29) is 0 Å². The standard InChI is InChI=1S/C18H28O/c1-4-17(14-8-6-7-9-14)18(5-2)15-10-12-16(19-3)13-11-15/h10-14,17-18H,4-9H2,1-3H3. The minimum absolute atomic E-state index is 0.721. The van der Waals surface area contributed by atoms with Crippen molar-refractivity contribution < 1.29 is 4.74 Å². The van der Waals surface area contributed by atoms with Crippen molar-refractivity contribution in [3.8, 4) is 5.75 Å². The Morgan fingerprint density at radius 3 is 2.16 bits per heavy atom. The summed E-state index contributed by atoms with van der Waals surface area (Å²) in [6, 6.07) is 8.76. The van der Waals surface area contributed by atoms with Crippen LogP contribution in [0.2, 0.25) is 0 Å². The second-order valence-corrected chi connectivity index (χ2v) is 5.90. The molecule has 106 valence electrons. The average molecular weight is 260 g/mol. The highest BCUT2D eigenvalue weighted by atomic mass is 16.5. The Hall–Kier alpha value is -0.980. The van der Waals surface area contributed by atoms with Crippen LogP contribution in [0.25, 0.3) is 0 Å². The van der Waals surface area contributed by atoms with Crippen LogP contribution in [0.1, 0.15) is 63.9 Å². The maximum atomic E-state index is 5.27. The van der Waals surface area contributed by atoms with Gasteiger partial charge in [-0.15, -0.1) is 0 Å². The van der Waals surface area contributed by atoms with Gasteiger partial charge in [0.25, 0.3) is 0 Å². The van der Waals surface area contributed by atoms with Crippen molar-refractivity contribution >= 4 is 0 Å². The largest absolute Gasteiger partial charge is 0.497 e. The summed E-state index contributed by atoms with van der Waals surface area (Å²) < 4.78 is 5.27. The third-order valence-corrected chi connectivity index (χ3v) is 4.98. The molecule has 0 heterocycles. The fourth-order valence-corrected chi connectivity index (χ4v) is 3.97. The van der Waals surface area contributed by atoms with Crippen LogP contribution in [0.5, 0.6) is 5.75 Å². The van der Waals surface area contributed by atoms with Crippen molar-refractivity contribution in [1.82, 2.24) is 0 Å². The lowest BCUT2D eigenvalue weighted by Crippen LogP contribution is -2.19. The summed E-state index contributed by atoms with van der Waals surface area (Å²) in [5.74, 6) is 3.50. The van der Waals surface area contributed by atoms with Gasteiger partial charge in [-0.25, -0.2) is 0 Å². The van der Waals surface area contributed by atoms with Gasteiger partial charge in [-0.2, -0.15) is 0 Å². The predicted octanol–water partition coefficient (Wildman–Crippen LogP) is 5.41. The summed E-state index contributed by atoms with van der Waals surface area (Å²) in [5, 5.41) is 0. The van der Waals surface area contributed by atoms with Crippen molar-refractivity contribution in [3.05, 3.63) is 29.8 Å². The molecule has 1 aliphatic carbocycles. The van der Waals surface area contributed by atoms with Crippen molar-refractivity contribution in [2.75, 3.05) is 7.11 Å². The van der Waals surface area contributed by atoms with Crippen molar-refractivity contribution in [2.45, 2.75) is 58.3 Å². The monoisotopic (exact) mass is 260 g/mol. The molecule has 2 atom stereocenters. The predicted molar refractivity (Wildman–Crippen MR) is 81.8 cm³/mol. The minimum atomic E-state index is 0.721. The molecule has 1 nitrogen and oxygen atoms in total. The van der Waals surface area contributed by atoms with Gasteiger partial charge in [-0.1, -0.05) is 58.1 Å². The molecule has 1 fully saturated rings. The molecule has 2 rings (SSSR count). The van der Waals surface area contributed by atoms with Gasteiger partial charge in [0, 0.05) is 0 Å². The van der Waals surface area contributed by atoms with E-state index in [2.05, 4.69) is 38.1 Å². The first-order valence-corrected chi connectivity index (χ1v) is 7.94. The number of methoxy groups -OCH3 is 1. The van der Waals surface area contributed by atoms with E-state index < -0.39 is 0 Å². The zero-order valence-electron chi connectivity index (χ0n) is 12.7. The van der Waals surface area contributed by atoms with Gasteiger partial charge in [0.2, 0.25) is 0 Å². The molecular weight excluding hydrogens is 232 g/mol. The number of benzene rings is 1. The molecule has 0 amide bonds. The Balaban J connectivity index is 2.15. The molecule has 0 N–H and O–H groups in total. The number of hydrogen-bond acceptors (Lipinski definition) is 1. The normalized spacial score (nSPS) is 19.3. The van der Waals surface area contributed by atoms with E-state index in [1.165, 1.54) is 44.1 Å². The van der Waals surface area contributed by atoms with Gasteiger partial charge in [0.05, 0.1) is 7.11 Å². The average Bonchev–Trinajstić information content (AvgIpc) is 2.98. The molecule has 1 aromatic carbocycles. The second-order valence-electron chi connectivity index (χ2n) is 5.90. The Morgan fingerprint density at radius 2 is 1.68 bits per heavy atom. The third-order valence-electron chi connectivity index (χ3n) is 4.98. The van der Waals surface area contributed by atoms with Crippen LogP contribution < -0.4 is 4.74 Å². The zero-order valence-corrected chi connectivity index (χ0v) is 12.7. The molecule has 0 aromatic heterocycles. The Kier molecular flexibility index (Phi) is 5.30. The summed E-state index contributed by atoms with van der Waals surface area (Å²) in [6.07, 6.45) is 8.35. The van der Waals surface area contributed by atoms with E-state index in [9.17, 15) is 0 Å². The quantitative estimate of drug-likeness (QED) is 0.665. The second kappa shape index (κ2) is 6.98. The minimum Gasteiger partial charge on any atom is -0.497 e. The van der Waals surface area contributed by atoms with Gasteiger partial charge in [0.1, 0.15) is 5.75 Å². The molecule has 1 saturated carbocycles. The number of hydrogen-bond donors (Lipinski definition) is 0. The molecule has 19 heavy (non-hydrogen) atoms. The van der Waals surface area contributed by atoms with Crippen LogP contribution in [-0.2, 0) is 0 Å². The molecule has 0 radical (unpaired) electrons. The lowest BCUT2D eigenvalue weighted by Gasteiger charge is -2.31. The van der Waals surface area contributed by atoms with E-state index >= 15 is 0 Å². The van der Waals surface area contributed by atoms with Crippen LogP contribution in [0.4, 0.5) is 0 Å². The Morgan fingerprint density at radius 1 is 1.05 bits per heavy atom. The maximum absolute atomic E-state index is 5.27. The first-order chi connectivity index (χ1) is 9.30. The fraction of sp³-hybridized carbons (Fsp3) is 0.667. The molecule has 1 aliphatic rings. The topological polar surface area (TPSA) is 9.23 Å². The molecular formula is C18H28O.